The monoisotopic (exact) mass is 417 g/mol. The number of nitrogens with one attached hydrogen (secondary N) is 1. The molecule has 2 aromatic rings. The first kappa shape index (κ1) is 22.2. The fourth-order valence-corrected chi connectivity index (χ4v) is 2.95. The van der Waals surface area contributed by atoms with Crippen molar-refractivity contribution in [2.75, 3.05) is 13.1 Å². The van der Waals surface area contributed by atoms with Crippen LogP contribution in [0.5, 0.6) is 5.75 Å². The van der Waals surface area contributed by atoms with Gasteiger partial charge in [0.1, 0.15) is 12.3 Å². The number of carbonyl (C=O) groups excluding carboxylic acids is 1. The third kappa shape index (κ3) is 7.82. The summed E-state index contributed by atoms with van der Waals surface area (Å²) in [6, 6.07) is 13.4. The highest BCUT2D eigenvalue weighted by Crippen LogP contribution is 2.17. The Morgan fingerprint density at radius 1 is 1.14 bits per heavy atom. The first-order valence-corrected chi connectivity index (χ1v) is 9.52. The lowest BCUT2D eigenvalue weighted by Gasteiger charge is -2.16. The molecule has 0 heterocycles. The van der Waals surface area contributed by atoms with Crippen LogP contribution in [0.4, 0.5) is 5.69 Å². The van der Waals surface area contributed by atoms with E-state index in [1.807, 2.05) is 19.1 Å². The van der Waals surface area contributed by atoms with E-state index in [9.17, 15) is 9.59 Å². The summed E-state index contributed by atoms with van der Waals surface area (Å²) in [5.74, 6) is -1.01. The van der Waals surface area contributed by atoms with Gasteiger partial charge in [-0.25, -0.2) is 18.8 Å². The predicted molar refractivity (Wildman–Crippen MR) is 113 cm³/mol. The number of aliphatic imine (C=N–C) groups is 1. The number of likely N-dealkylation sites (N-methyl/N-ethyl adjacent to an activating group) is 1. The Hall–Kier alpha value is -3.08. The number of rotatable bonds is 10. The fraction of sp³-hybridized carbons (Fsp3) is 0.211. The Balaban J connectivity index is 1.86. The van der Waals surface area contributed by atoms with Crippen molar-refractivity contribution in [1.82, 2.24) is 9.03 Å². The van der Waals surface area contributed by atoms with E-state index < -0.39 is 11.9 Å². The number of benzene rings is 2. The van der Waals surface area contributed by atoms with E-state index >= 15 is 0 Å². The Morgan fingerprint density at radius 3 is 2.34 bits per heavy atom. The summed E-state index contributed by atoms with van der Waals surface area (Å²) < 4.78 is 10.2. The third-order valence-electron chi connectivity index (χ3n) is 3.63. The van der Waals surface area contributed by atoms with Crippen LogP contribution in [0.3, 0.4) is 0 Å². The molecule has 2 rings (SSSR count). The number of hydrogen-bond donors (Lipinski definition) is 4. The average molecular weight is 417 g/mol. The minimum absolute atomic E-state index is 0.0456. The van der Waals surface area contributed by atoms with Crippen molar-refractivity contribution in [2.45, 2.75) is 13.5 Å². The average Bonchev–Trinajstić information content (AvgIpc) is 2.68. The number of aliphatic carboxylic acids is 1. The molecule has 0 bridgehead atoms. The number of ether oxygens (including phenoxy) is 1. The van der Waals surface area contributed by atoms with Gasteiger partial charge in [-0.05, 0) is 42.0 Å². The second kappa shape index (κ2) is 11.1. The van der Waals surface area contributed by atoms with E-state index in [0.717, 1.165) is 5.56 Å². The molecular formula is C19H23N5O4S. The van der Waals surface area contributed by atoms with Gasteiger partial charge >= 0.3 is 11.9 Å². The van der Waals surface area contributed by atoms with Crippen molar-refractivity contribution in [3.05, 3.63) is 59.7 Å². The Kier molecular flexibility index (Phi) is 8.46. The van der Waals surface area contributed by atoms with E-state index in [1.165, 1.54) is 12.1 Å². The molecule has 9 nitrogen and oxygen atoms in total. The van der Waals surface area contributed by atoms with Gasteiger partial charge in [-0.2, -0.15) is 0 Å². The molecule has 0 unspecified atom stereocenters. The highest BCUT2D eigenvalue weighted by Gasteiger charge is 2.10. The van der Waals surface area contributed by atoms with Crippen LogP contribution in [-0.2, 0) is 11.3 Å². The summed E-state index contributed by atoms with van der Waals surface area (Å²) in [7, 11) is 0. The van der Waals surface area contributed by atoms with Crippen LogP contribution in [0, 0.1) is 0 Å². The number of carboxylic acids is 1. The SMILES string of the molecule is CCN(CC(=O)O)SNCc1ccc(OC(=O)c2ccc(N=C(N)N)cc2)cc1. The molecule has 2 aromatic carbocycles. The van der Waals surface area contributed by atoms with Gasteiger partial charge in [0.2, 0.25) is 0 Å². The van der Waals surface area contributed by atoms with Crippen LogP contribution >= 0.6 is 12.1 Å². The van der Waals surface area contributed by atoms with Gasteiger partial charge in [0, 0.05) is 25.2 Å². The second-order valence-electron chi connectivity index (χ2n) is 5.88. The molecule has 29 heavy (non-hydrogen) atoms. The van der Waals surface area contributed by atoms with Crippen molar-refractivity contribution in [3.63, 3.8) is 0 Å². The van der Waals surface area contributed by atoms with Gasteiger partial charge in [0.05, 0.1) is 11.3 Å². The number of nitrogens with zero attached hydrogens (tertiary/aromatic N) is 2. The molecule has 0 aliphatic rings. The molecule has 0 aliphatic carbocycles. The number of carbonyl (C=O) groups is 2. The minimum atomic E-state index is -0.877. The maximum absolute atomic E-state index is 12.2. The van der Waals surface area contributed by atoms with E-state index in [4.69, 9.17) is 21.3 Å². The maximum atomic E-state index is 12.2. The predicted octanol–water partition coefficient (Wildman–Crippen LogP) is 1.87. The summed E-state index contributed by atoms with van der Waals surface area (Å²) >= 11 is 1.25. The highest BCUT2D eigenvalue weighted by atomic mass is 32.2. The molecule has 0 aliphatic heterocycles. The van der Waals surface area contributed by atoms with Gasteiger partial charge in [0.15, 0.2) is 5.96 Å². The van der Waals surface area contributed by atoms with Crippen molar-refractivity contribution in [2.24, 2.45) is 16.5 Å². The number of nitrogens with two attached hydrogens (primary N) is 2. The topological polar surface area (TPSA) is 143 Å². The van der Waals surface area contributed by atoms with Crippen LogP contribution in [0.2, 0.25) is 0 Å². The molecule has 154 valence electrons. The van der Waals surface area contributed by atoms with E-state index in [1.54, 1.807) is 40.7 Å². The molecule has 0 amide bonds. The van der Waals surface area contributed by atoms with Gasteiger partial charge < -0.3 is 21.3 Å². The molecule has 0 fully saturated rings. The summed E-state index contributed by atoms with van der Waals surface area (Å²) in [4.78, 5) is 26.9. The van der Waals surface area contributed by atoms with E-state index in [2.05, 4.69) is 9.71 Å². The number of carboxylic acid groups (broad SMARTS) is 1. The molecule has 0 saturated heterocycles. The normalized spacial score (nSPS) is 10.6. The Bertz CT molecular complexity index is 852. The zero-order valence-electron chi connectivity index (χ0n) is 15.9. The largest absolute Gasteiger partial charge is 0.480 e. The highest BCUT2D eigenvalue weighted by molar-refractivity contribution is 7.95. The molecule has 6 N–H and O–H groups in total. The zero-order valence-corrected chi connectivity index (χ0v) is 16.7. The summed E-state index contributed by atoms with van der Waals surface area (Å²) in [5.41, 5.74) is 12.5. The van der Waals surface area contributed by atoms with Crippen molar-refractivity contribution in [3.8, 4) is 5.75 Å². The second-order valence-corrected chi connectivity index (χ2v) is 6.87. The first-order chi connectivity index (χ1) is 13.9. The van der Waals surface area contributed by atoms with Crippen molar-refractivity contribution >= 4 is 35.7 Å². The Labute approximate surface area is 173 Å². The van der Waals surface area contributed by atoms with Crippen LogP contribution in [0.15, 0.2) is 53.5 Å². The number of guanidine groups is 1. The number of hydrogen-bond acceptors (Lipinski definition) is 7. The molecule has 0 saturated carbocycles. The standard InChI is InChI=1S/C19H23N5O4S/c1-2-24(12-17(25)26)29-22-11-13-3-9-16(10-4-13)28-18(27)14-5-7-15(8-6-14)23-19(20)21/h3-10,22H,2,11-12H2,1H3,(H,25,26)(H4,20,21,23). The van der Waals surface area contributed by atoms with Crippen molar-refractivity contribution in [1.29, 1.82) is 0 Å². The van der Waals surface area contributed by atoms with E-state index in [0.29, 0.717) is 30.1 Å². The molecule has 10 heteroatoms. The quantitative estimate of drug-likeness (QED) is 0.150. The van der Waals surface area contributed by atoms with E-state index in [-0.39, 0.29) is 12.5 Å². The van der Waals surface area contributed by atoms with Gasteiger partial charge in [-0.1, -0.05) is 19.1 Å². The number of esters is 1. The van der Waals surface area contributed by atoms with Gasteiger partial charge in [-0.15, -0.1) is 0 Å². The van der Waals surface area contributed by atoms with Crippen LogP contribution in [0.25, 0.3) is 0 Å². The summed E-state index contributed by atoms with van der Waals surface area (Å²) in [6.07, 6.45) is 0. The zero-order chi connectivity index (χ0) is 21.2. The third-order valence-corrected chi connectivity index (χ3v) is 4.55. The van der Waals surface area contributed by atoms with Crippen LogP contribution < -0.4 is 20.9 Å². The Morgan fingerprint density at radius 2 is 1.79 bits per heavy atom. The first-order valence-electron chi connectivity index (χ1n) is 8.74. The van der Waals surface area contributed by atoms with Crippen LogP contribution in [-0.4, -0.2) is 40.4 Å². The van der Waals surface area contributed by atoms with Crippen LogP contribution in [0.1, 0.15) is 22.8 Å². The fourth-order valence-electron chi connectivity index (χ4n) is 2.23. The lowest BCUT2D eigenvalue weighted by atomic mass is 10.2. The maximum Gasteiger partial charge on any atom is 0.343 e. The molecule has 0 spiro atoms. The smallest absolute Gasteiger partial charge is 0.343 e. The molecule has 0 aromatic heterocycles. The van der Waals surface area contributed by atoms with Gasteiger partial charge in [0.25, 0.3) is 0 Å². The lowest BCUT2D eigenvalue weighted by Crippen LogP contribution is -2.26. The van der Waals surface area contributed by atoms with Gasteiger partial charge in [-0.3, -0.25) is 4.79 Å². The molecule has 0 radical (unpaired) electrons. The summed E-state index contributed by atoms with van der Waals surface area (Å²) in [6.45, 7) is 2.97. The molecular weight excluding hydrogens is 394 g/mol. The van der Waals surface area contributed by atoms with Crippen molar-refractivity contribution < 1.29 is 19.4 Å². The lowest BCUT2D eigenvalue weighted by molar-refractivity contribution is -0.137. The minimum Gasteiger partial charge on any atom is -0.480 e. The summed E-state index contributed by atoms with van der Waals surface area (Å²) in [5, 5.41) is 8.82. The molecule has 0 atom stereocenters.